The van der Waals surface area contributed by atoms with Crippen molar-refractivity contribution in [3.05, 3.63) is 35.6 Å². The summed E-state index contributed by atoms with van der Waals surface area (Å²) in [6, 6.07) is 9.59. The van der Waals surface area contributed by atoms with Gasteiger partial charge in [0, 0.05) is 5.56 Å². The fraction of sp³-hybridized carbons (Fsp3) is 0. The van der Waals surface area contributed by atoms with Gasteiger partial charge in [0.25, 0.3) is 6.01 Å². The maximum Gasteiger partial charge on any atom is 0.293 e. The van der Waals surface area contributed by atoms with E-state index in [9.17, 15) is 0 Å². The zero-order chi connectivity index (χ0) is 9.26. The molecule has 4 heteroatoms. The van der Waals surface area contributed by atoms with Crippen molar-refractivity contribution in [2.75, 3.05) is 5.73 Å². The van der Waals surface area contributed by atoms with Crippen LogP contribution in [-0.2, 0) is 0 Å². The number of nitrogens with zero attached hydrogens (tertiary/aromatic N) is 1. The standard InChI is InChI=1S/C9H7ClN2O/c10-8-7(12-9(11)13-8)6-4-2-1-3-5-6/h1-5H,(H2,11,12). The molecule has 2 N–H and O–H groups in total. The average molecular weight is 195 g/mol. The molecule has 0 spiro atoms. The Kier molecular flexibility index (Phi) is 1.94. The summed E-state index contributed by atoms with van der Waals surface area (Å²) < 4.78 is 4.90. The minimum absolute atomic E-state index is 0.0869. The topological polar surface area (TPSA) is 52.0 Å². The molecule has 66 valence electrons. The highest BCUT2D eigenvalue weighted by Crippen LogP contribution is 2.28. The smallest absolute Gasteiger partial charge is 0.293 e. The molecule has 13 heavy (non-hydrogen) atoms. The van der Waals surface area contributed by atoms with E-state index in [1.54, 1.807) is 0 Å². The van der Waals surface area contributed by atoms with Crippen molar-refractivity contribution in [3.8, 4) is 11.3 Å². The second-order valence-corrected chi connectivity index (χ2v) is 2.88. The molecule has 0 amide bonds. The third kappa shape index (κ3) is 1.51. The molecule has 1 aromatic carbocycles. The number of halogens is 1. The van der Waals surface area contributed by atoms with Crippen LogP contribution in [0.3, 0.4) is 0 Å². The van der Waals surface area contributed by atoms with Crippen LogP contribution in [-0.4, -0.2) is 4.98 Å². The first kappa shape index (κ1) is 8.13. The highest BCUT2D eigenvalue weighted by Gasteiger charge is 2.10. The number of hydrogen-bond acceptors (Lipinski definition) is 3. The van der Waals surface area contributed by atoms with Crippen LogP contribution in [0.2, 0.25) is 5.22 Å². The molecular weight excluding hydrogens is 188 g/mol. The van der Waals surface area contributed by atoms with Gasteiger partial charge < -0.3 is 10.2 Å². The van der Waals surface area contributed by atoms with Gasteiger partial charge in [0.1, 0.15) is 5.69 Å². The molecule has 2 aromatic rings. The van der Waals surface area contributed by atoms with Gasteiger partial charge in [0.05, 0.1) is 0 Å². The molecule has 1 aromatic heterocycles. The predicted molar refractivity (Wildman–Crippen MR) is 51.4 cm³/mol. The van der Waals surface area contributed by atoms with Crippen LogP contribution in [0.15, 0.2) is 34.7 Å². The van der Waals surface area contributed by atoms with Gasteiger partial charge in [-0.15, -0.1) is 0 Å². The summed E-state index contributed by atoms with van der Waals surface area (Å²) in [5.41, 5.74) is 6.83. The van der Waals surface area contributed by atoms with Crippen LogP contribution < -0.4 is 5.73 Å². The summed E-state index contributed by atoms with van der Waals surface area (Å²) in [6.07, 6.45) is 0. The molecule has 3 nitrogen and oxygen atoms in total. The monoisotopic (exact) mass is 194 g/mol. The van der Waals surface area contributed by atoms with Gasteiger partial charge in [-0.25, -0.2) is 0 Å². The molecule has 0 fully saturated rings. The molecule has 2 rings (SSSR count). The SMILES string of the molecule is Nc1nc(-c2ccccc2)c(Cl)o1. The van der Waals surface area contributed by atoms with Crippen molar-refractivity contribution in [2.45, 2.75) is 0 Å². The largest absolute Gasteiger partial charge is 0.411 e. The number of rotatable bonds is 1. The summed E-state index contributed by atoms with van der Waals surface area (Å²) in [6.45, 7) is 0. The van der Waals surface area contributed by atoms with Crippen molar-refractivity contribution in [1.29, 1.82) is 0 Å². The molecule has 0 bridgehead atoms. The number of nitrogens with two attached hydrogens (primary N) is 1. The Bertz CT molecular complexity index is 411. The van der Waals surface area contributed by atoms with E-state index in [-0.39, 0.29) is 11.2 Å². The van der Waals surface area contributed by atoms with Gasteiger partial charge in [-0.05, 0) is 11.6 Å². The zero-order valence-corrected chi connectivity index (χ0v) is 7.45. The molecule has 0 aliphatic carbocycles. The lowest BCUT2D eigenvalue weighted by Gasteiger charge is -1.93. The number of hydrogen-bond donors (Lipinski definition) is 1. The van der Waals surface area contributed by atoms with E-state index in [4.69, 9.17) is 21.8 Å². The number of nitrogen functional groups attached to an aromatic ring is 1. The second kappa shape index (κ2) is 3.11. The lowest BCUT2D eigenvalue weighted by Crippen LogP contribution is -1.83. The van der Waals surface area contributed by atoms with Crippen LogP contribution in [0.4, 0.5) is 6.01 Å². The van der Waals surface area contributed by atoms with E-state index < -0.39 is 0 Å². The normalized spacial score (nSPS) is 10.2. The maximum absolute atomic E-state index is 5.77. The fourth-order valence-corrected chi connectivity index (χ4v) is 1.32. The quantitative estimate of drug-likeness (QED) is 0.759. The maximum atomic E-state index is 5.77. The molecule has 0 aliphatic heterocycles. The lowest BCUT2D eigenvalue weighted by molar-refractivity contribution is 0.583. The Morgan fingerprint density at radius 1 is 1.23 bits per heavy atom. The minimum Gasteiger partial charge on any atom is -0.411 e. The lowest BCUT2D eigenvalue weighted by atomic mass is 10.2. The highest BCUT2D eigenvalue weighted by molar-refractivity contribution is 6.31. The minimum atomic E-state index is 0.0869. The first-order valence-corrected chi connectivity index (χ1v) is 4.12. The number of oxazole rings is 1. The first-order chi connectivity index (χ1) is 6.27. The number of aromatic nitrogens is 1. The van der Waals surface area contributed by atoms with E-state index in [2.05, 4.69) is 4.98 Å². The summed E-state index contributed by atoms with van der Waals surface area (Å²) in [4.78, 5) is 3.96. The van der Waals surface area contributed by atoms with Crippen LogP contribution in [0, 0.1) is 0 Å². The molecule has 0 atom stereocenters. The second-order valence-electron chi connectivity index (χ2n) is 2.54. The molecule has 0 unspecified atom stereocenters. The van der Waals surface area contributed by atoms with Crippen LogP contribution in [0.1, 0.15) is 0 Å². The number of benzene rings is 1. The van der Waals surface area contributed by atoms with Crippen molar-refractivity contribution >= 4 is 17.6 Å². The Hall–Kier alpha value is -1.48. The predicted octanol–water partition coefficient (Wildman–Crippen LogP) is 2.58. The Balaban J connectivity index is 2.53. The summed E-state index contributed by atoms with van der Waals surface area (Å²) in [7, 11) is 0. The number of anilines is 1. The molecule has 0 aliphatic rings. The average Bonchev–Trinajstić information content (AvgIpc) is 2.47. The van der Waals surface area contributed by atoms with Gasteiger partial charge in [0.15, 0.2) is 0 Å². The zero-order valence-electron chi connectivity index (χ0n) is 6.70. The summed E-state index contributed by atoms with van der Waals surface area (Å²) >= 11 is 5.77. The van der Waals surface area contributed by atoms with Crippen LogP contribution >= 0.6 is 11.6 Å². The van der Waals surface area contributed by atoms with Crippen molar-refractivity contribution in [1.82, 2.24) is 4.98 Å². The van der Waals surface area contributed by atoms with E-state index in [1.165, 1.54) is 0 Å². The Morgan fingerprint density at radius 2 is 1.92 bits per heavy atom. The third-order valence-corrected chi connectivity index (χ3v) is 1.91. The van der Waals surface area contributed by atoms with Crippen molar-refractivity contribution in [3.63, 3.8) is 0 Å². The van der Waals surface area contributed by atoms with Crippen molar-refractivity contribution in [2.24, 2.45) is 0 Å². The van der Waals surface area contributed by atoms with Gasteiger partial charge in [-0.1, -0.05) is 30.3 Å². The Morgan fingerprint density at radius 3 is 2.46 bits per heavy atom. The highest BCUT2D eigenvalue weighted by atomic mass is 35.5. The van der Waals surface area contributed by atoms with Crippen molar-refractivity contribution < 1.29 is 4.42 Å². The van der Waals surface area contributed by atoms with Gasteiger partial charge in [-0.3, -0.25) is 0 Å². The molecule has 0 saturated carbocycles. The van der Waals surface area contributed by atoms with E-state index in [0.717, 1.165) is 5.56 Å². The Labute approximate surface area is 80.1 Å². The van der Waals surface area contributed by atoms with Gasteiger partial charge in [-0.2, -0.15) is 4.98 Å². The molecule has 1 heterocycles. The van der Waals surface area contributed by atoms with Crippen LogP contribution in [0.25, 0.3) is 11.3 Å². The summed E-state index contributed by atoms with van der Waals surface area (Å²) in [5, 5.41) is 0.226. The van der Waals surface area contributed by atoms with E-state index >= 15 is 0 Å². The van der Waals surface area contributed by atoms with Gasteiger partial charge in [0.2, 0.25) is 5.22 Å². The van der Waals surface area contributed by atoms with Crippen LogP contribution in [0.5, 0.6) is 0 Å². The van der Waals surface area contributed by atoms with E-state index in [0.29, 0.717) is 5.69 Å². The molecular formula is C9H7ClN2O. The first-order valence-electron chi connectivity index (χ1n) is 3.74. The fourth-order valence-electron chi connectivity index (χ4n) is 1.09. The van der Waals surface area contributed by atoms with E-state index in [1.807, 2.05) is 30.3 Å². The third-order valence-electron chi connectivity index (χ3n) is 1.65. The molecule has 0 radical (unpaired) electrons. The molecule has 0 saturated heterocycles. The van der Waals surface area contributed by atoms with Gasteiger partial charge >= 0.3 is 0 Å². The summed E-state index contributed by atoms with van der Waals surface area (Å²) in [5.74, 6) is 0.